The van der Waals surface area contributed by atoms with Crippen LogP contribution in [0.15, 0.2) is 23.8 Å². The molecular weight excluding hydrogens is 248 g/mol. The summed E-state index contributed by atoms with van der Waals surface area (Å²) in [5.41, 5.74) is 0.824. The zero-order chi connectivity index (χ0) is 15.0. The molecular formula is C18H28O2. The number of allylic oxidation sites excluding steroid dienone is 3. The fourth-order valence-corrected chi connectivity index (χ4v) is 4.00. The average molecular weight is 276 g/mol. The summed E-state index contributed by atoms with van der Waals surface area (Å²) in [6.45, 7) is 8.11. The first-order chi connectivity index (χ1) is 9.24. The van der Waals surface area contributed by atoms with Gasteiger partial charge in [-0.05, 0) is 50.9 Å². The lowest BCUT2D eigenvalue weighted by Gasteiger charge is -2.40. The molecule has 0 aromatic carbocycles. The van der Waals surface area contributed by atoms with Crippen molar-refractivity contribution in [3.05, 3.63) is 23.8 Å². The van der Waals surface area contributed by atoms with Crippen molar-refractivity contribution < 1.29 is 9.90 Å². The number of rotatable bonds is 4. The van der Waals surface area contributed by atoms with Gasteiger partial charge in [-0.25, -0.2) is 0 Å². The van der Waals surface area contributed by atoms with Crippen LogP contribution in [0.4, 0.5) is 0 Å². The first-order valence-electron chi connectivity index (χ1n) is 7.87. The third-order valence-electron chi connectivity index (χ3n) is 5.06. The fraction of sp³-hybridized carbons (Fsp3) is 0.722. The van der Waals surface area contributed by atoms with Gasteiger partial charge < -0.3 is 5.11 Å². The Balaban J connectivity index is 2.06. The van der Waals surface area contributed by atoms with Crippen molar-refractivity contribution in [2.45, 2.75) is 65.4 Å². The maximum atomic E-state index is 12.1. The number of Topliss-reactive ketones (excluding diaryl/α,β-unsaturated/α-hetero) is 1. The molecule has 2 nitrogen and oxygen atoms in total. The smallest absolute Gasteiger partial charge is 0.137 e. The van der Waals surface area contributed by atoms with Gasteiger partial charge in [0, 0.05) is 12.3 Å². The number of fused-ring (bicyclic) bond motifs is 1. The lowest BCUT2D eigenvalue weighted by Crippen LogP contribution is -2.36. The summed E-state index contributed by atoms with van der Waals surface area (Å²) < 4.78 is 0. The van der Waals surface area contributed by atoms with Crippen LogP contribution in [-0.4, -0.2) is 16.5 Å². The molecule has 0 heterocycles. The van der Waals surface area contributed by atoms with Crippen LogP contribution in [0.3, 0.4) is 0 Å². The van der Waals surface area contributed by atoms with Gasteiger partial charge in [-0.2, -0.15) is 0 Å². The number of hydrogen-bond acceptors (Lipinski definition) is 2. The molecule has 0 bridgehead atoms. The van der Waals surface area contributed by atoms with E-state index in [4.69, 9.17) is 0 Å². The zero-order valence-electron chi connectivity index (χ0n) is 13.3. The maximum absolute atomic E-state index is 12.1. The first-order valence-corrected chi connectivity index (χ1v) is 7.87. The van der Waals surface area contributed by atoms with Crippen molar-refractivity contribution in [3.63, 3.8) is 0 Å². The largest absolute Gasteiger partial charge is 0.386 e. The third kappa shape index (κ3) is 3.06. The van der Waals surface area contributed by atoms with Crippen molar-refractivity contribution in [2.75, 3.05) is 0 Å². The minimum absolute atomic E-state index is 0.0946. The van der Waals surface area contributed by atoms with E-state index in [1.54, 1.807) is 13.8 Å². The van der Waals surface area contributed by atoms with Crippen LogP contribution in [0.1, 0.15) is 59.8 Å². The molecule has 0 amide bonds. The van der Waals surface area contributed by atoms with Gasteiger partial charge in [-0.1, -0.05) is 37.6 Å². The highest BCUT2D eigenvalue weighted by Crippen LogP contribution is 2.53. The van der Waals surface area contributed by atoms with Crippen LogP contribution in [0, 0.1) is 17.3 Å². The molecule has 3 atom stereocenters. The Kier molecular flexibility index (Phi) is 4.24. The summed E-state index contributed by atoms with van der Waals surface area (Å²) in [5, 5.41) is 9.72. The van der Waals surface area contributed by atoms with E-state index in [-0.39, 0.29) is 11.3 Å². The van der Waals surface area contributed by atoms with E-state index in [1.165, 1.54) is 5.57 Å². The Labute approximate surface area is 123 Å². The summed E-state index contributed by atoms with van der Waals surface area (Å²) in [5.74, 6) is 1.14. The van der Waals surface area contributed by atoms with Crippen molar-refractivity contribution in [2.24, 2.45) is 17.3 Å². The van der Waals surface area contributed by atoms with Gasteiger partial charge in [0.1, 0.15) is 5.78 Å². The zero-order valence-corrected chi connectivity index (χ0v) is 13.3. The SMILES string of the molecule is C[C@@H](C/C=C/C(C)(C)O)C1=CCC2C(=O)CCC[C@]12C. The molecule has 0 aromatic heterocycles. The molecule has 1 saturated carbocycles. The summed E-state index contributed by atoms with van der Waals surface area (Å²) in [6, 6.07) is 0. The molecule has 0 spiro atoms. The highest BCUT2D eigenvalue weighted by atomic mass is 16.3. The van der Waals surface area contributed by atoms with Gasteiger partial charge >= 0.3 is 0 Å². The van der Waals surface area contributed by atoms with E-state index in [0.717, 1.165) is 32.1 Å². The third-order valence-corrected chi connectivity index (χ3v) is 5.06. The summed E-state index contributed by atoms with van der Waals surface area (Å²) in [7, 11) is 0. The number of hydrogen-bond donors (Lipinski definition) is 1. The average Bonchev–Trinajstić information content (AvgIpc) is 2.66. The lowest BCUT2D eigenvalue weighted by atomic mass is 9.63. The molecule has 1 fully saturated rings. The first kappa shape index (κ1) is 15.5. The van der Waals surface area contributed by atoms with E-state index in [0.29, 0.717) is 11.7 Å². The monoisotopic (exact) mass is 276 g/mol. The Morgan fingerprint density at radius 2 is 2.25 bits per heavy atom. The van der Waals surface area contributed by atoms with Gasteiger partial charge in [0.15, 0.2) is 0 Å². The van der Waals surface area contributed by atoms with Crippen LogP contribution in [0.5, 0.6) is 0 Å². The second-order valence-corrected chi connectivity index (χ2v) is 7.38. The van der Waals surface area contributed by atoms with E-state index in [2.05, 4.69) is 26.0 Å². The highest BCUT2D eigenvalue weighted by molar-refractivity contribution is 5.84. The van der Waals surface area contributed by atoms with E-state index >= 15 is 0 Å². The van der Waals surface area contributed by atoms with Gasteiger partial charge in [-0.15, -0.1) is 0 Å². The van der Waals surface area contributed by atoms with Gasteiger partial charge in [0.25, 0.3) is 0 Å². The van der Waals surface area contributed by atoms with Gasteiger partial charge in [0.05, 0.1) is 5.60 Å². The Bertz CT molecular complexity index is 439. The Morgan fingerprint density at radius 3 is 2.90 bits per heavy atom. The molecule has 0 radical (unpaired) electrons. The number of carbonyl (C=O) groups excluding carboxylic acids is 1. The molecule has 2 aliphatic carbocycles. The molecule has 1 unspecified atom stereocenters. The van der Waals surface area contributed by atoms with Crippen LogP contribution in [0.25, 0.3) is 0 Å². The number of ketones is 1. The number of aliphatic hydroxyl groups is 1. The summed E-state index contributed by atoms with van der Waals surface area (Å²) in [4.78, 5) is 12.1. The molecule has 2 rings (SSSR count). The van der Waals surface area contributed by atoms with Crippen LogP contribution >= 0.6 is 0 Å². The van der Waals surface area contributed by atoms with Gasteiger partial charge in [0.2, 0.25) is 0 Å². The standard InChI is InChI=1S/C18H28O2/c1-13(7-5-11-17(2,3)20)14-9-10-15-16(19)8-6-12-18(14,15)4/h5,9,11,13,15,20H,6-8,10,12H2,1-4H3/b11-5+/t13-,15?,18+/m0/s1. The van der Waals surface area contributed by atoms with Crippen LogP contribution in [0.2, 0.25) is 0 Å². The summed E-state index contributed by atoms with van der Waals surface area (Å²) in [6.07, 6.45) is 11.1. The maximum Gasteiger partial charge on any atom is 0.137 e. The van der Waals surface area contributed by atoms with Crippen LogP contribution < -0.4 is 0 Å². The second-order valence-electron chi connectivity index (χ2n) is 7.38. The number of carbonyl (C=O) groups is 1. The van der Waals surface area contributed by atoms with Crippen molar-refractivity contribution in [3.8, 4) is 0 Å². The molecule has 0 aromatic rings. The van der Waals surface area contributed by atoms with E-state index < -0.39 is 5.60 Å². The summed E-state index contributed by atoms with van der Waals surface area (Å²) >= 11 is 0. The van der Waals surface area contributed by atoms with Crippen molar-refractivity contribution >= 4 is 5.78 Å². The van der Waals surface area contributed by atoms with Gasteiger partial charge in [-0.3, -0.25) is 4.79 Å². The Hall–Kier alpha value is -0.890. The molecule has 112 valence electrons. The second kappa shape index (κ2) is 5.48. The lowest BCUT2D eigenvalue weighted by molar-refractivity contribution is -0.128. The van der Waals surface area contributed by atoms with Crippen molar-refractivity contribution in [1.29, 1.82) is 0 Å². The quantitative estimate of drug-likeness (QED) is 0.787. The fourth-order valence-electron chi connectivity index (χ4n) is 4.00. The minimum Gasteiger partial charge on any atom is -0.386 e. The molecule has 0 saturated heterocycles. The van der Waals surface area contributed by atoms with Crippen LogP contribution in [-0.2, 0) is 4.79 Å². The predicted molar refractivity (Wildman–Crippen MR) is 82.4 cm³/mol. The molecule has 0 aliphatic heterocycles. The molecule has 20 heavy (non-hydrogen) atoms. The normalized spacial score (nSPS) is 32.4. The highest BCUT2D eigenvalue weighted by Gasteiger charge is 2.47. The van der Waals surface area contributed by atoms with Crippen molar-refractivity contribution in [1.82, 2.24) is 0 Å². The van der Waals surface area contributed by atoms with E-state index in [1.807, 2.05) is 6.08 Å². The predicted octanol–water partition coefficient (Wildman–Crippen LogP) is 4.05. The molecule has 2 aliphatic rings. The minimum atomic E-state index is -0.739. The van der Waals surface area contributed by atoms with E-state index in [9.17, 15) is 9.90 Å². The Morgan fingerprint density at radius 1 is 1.55 bits per heavy atom. The molecule has 1 N–H and O–H groups in total. The topological polar surface area (TPSA) is 37.3 Å². The molecule has 2 heteroatoms.